The van der Waals surface area contributed by atoms with Gasteiger partial charge < -0.3 is 10.6 Å². The smallest absolute Gasteiger partial charge is 0.221 e. The summed E-state index contributed by atoms with van der Waals surface area (Å²) in [5, 5.41) is 10.5. The summed E-state index contributed by atoms with van der Waals surface area (Å²) < 4.78 is 1.96. The summed E-state index contributed by atoms with van der Waals surface area (Å²) in [5.74, 6) is 0.132. The van der Waals surface area contributed by atoms with Gasteiger partial charge in [0.05, 0.1) is 11.7 Å². The number of nitrogens with zero attached hydrogens (tertiary/aromatic N) is 2. The van der Waals surface area contributed by atoms with Crippen molar-refractivity contribution in [1.82, 2.24) is 20.4 Å². The Bertz CT molecular complexity index is 405. The normalized spacial score (nSPS) is 20.6. The van der Waals surface area contributed by atoms with Crippen molar-refractivity contribution in [3.05, 3.63) is 18.0 Å². The van der Waals surface area contributed by atoms with E-state index in [0.717, 1.165) is 18.7 Å². The molecule has 0 radical (unpaired) electrons. The topological polar surface area (TPSA) is 59.0 Å². The zero-order valence-corrected chi connectivity index (χ0v) is 10.7. The molecule has 17 heavy (non-hydrogen) atoms. The Labute approximate surface area is 102 Å². The second kappa shape index (κ2) is 4.49. The van der Waals surface area contributed by atoms with Gasteiger partial charge in [-0.2, -0.15) is 5.10 Å². The summed E-state index contributed by atoms with van der Waals surface area (Å²) in [5.41, 5.74) is 1.17. The van der Waals surface area contributed by atoms with Gasteiger partial charge in [0, 0.05) is 37.3 Å². The average Bonchev–Trinajstić information content (AvgIpc) is 2.82. The number of amides is 1. The predicted octanol–water partition coefficient (Wildman–Crippen LogP) is 0.616. The molecule has 1 saturated heterocycles. The third kappa shape index (κ3) is 3.06. The maximum Gasteiger partial charge on any atom is 0.221 e. The molecular formula is C12H20N4O. The van der Waals surface area contributed by atoms with E-state index in [2.05, 4.69) is 42.7 Å². The molecular weight excluding hydrogens is 216 g/mol. The van der Waals surface area contributed by atoms with Crippen molar-refractivity contribution in [2.75, 3.05) is 6.54 Å². The number of hydrogen-bond donors (Lipinski definition) is 2. The fourth-order valence-electron chi connectivity index (χ4n) is 1.83. The molecule has 1 aliphatic rings. The van der Waals surface area contributed by atoms with Crippen LogP contribution in [0.4, 0.5) is 0 Å². The van der Waals surface area contributed by atoms with Gasteiger partial charge in [-0.05, 0) is 20.8 Å². The molecule has 5 heteroatoms. The van der Waals surface area contributed by atoms with Gasteiger partial charge in [-0.15, -0.1) is 0 Å². The molecule has 0 saturated carbocycles. The zero-order valence-electron chi connectivity index (χ0n) is 10.7. The first kappa shape index (κ1) is 12.1. The third-order valence-corrected chi connectivity index (χ3v) is 2.90. The van der Waals surface area contributed by atoms with E-state index >= 15 is 0 Å². The molecule has 2 rings (SSSR count). The fraction of sp³-hybridized carbons (Fsp3) is 0.667. The van der Waals surface area contributed by atoms with E-state index < -0.39 is 0 Å². The second-order valence-corrected chi connectivity index (χ2v) is 5.55. The first-order valence-corrected chi connectivity index (χ1v) is 5.99. The van der Waals surface area contributed by atoms with Gasteiger partial charge in [0.15, 0.2) is 0 Å². The SMILES string of the molecule is CC(C)(C)n1cc(CNC2CNC(=O)C2)cn1. The molecule has 0 aliphatic carbocycles. The predicted molar refractivity (Wildman–Crippen MR) is 65.5 cm³/mol. The molecule has 0 bridgehead atoms. The van der Waals surface area contributed by atoms with Gasteiger partial charge in [-0.1, -0.05) is 0 Å². The monoisotopic (exact) mass is 236 g/mol. The number of rotatable bonds is 3. The molecule has 1 unspecified atom stereocenters. The van der Waals surface area contributed by atoms with Crippen LogP contribution in [-0.2, 0) is 16.9 Å². The molecule has 2 heterocycles. The number of hydrogen-bond acceptors (Lipinski definition) is 3. The van der Waals surface area contributed by atoms with Gasteiger partial charge in [0.1, 0.15) is 0 Å². The second-order valence-electron chi connectivity index (χ2n) is 5.55. The minimum absolute atomic E-state index is 0.0170. The molecule has 94 valence electrons. The maximum absolute atomic E-state index is 11.0. The highest BCUT2D eigenvalue weighted by atomic mass is 16.1. The van der Waals surface area contributed by atoms with E-state index in [1.54, 1.807) is 0 Å². The molecule has 1 fully saturated rings. The quantitative estimate of drug-likeness (QED) is 0.808. The molecule has 1 aromatic rings. The Kier molecular flexibility index (Phi) is 3.19. The summed E-state index contributed by atoms with van der Waals surface area (Å²) >= 11 is 0. The maximum atomic E-state index is 11.0. The van der Waals surface area contributed by atoms with Crippen molar-refractivity contribution in [2.45, 2.75) is 45.3 Å². The highest BCUT2D eigenvalue weighted by Gasteiger charge is 2.21. The molecule has 1 amide bonds. The Morgan fingerprint density at radius 2 is 2.35 bits per heavy atom. The first-order valence-electron chi connectivity index (χ1n) is 5.99. The van der Waals surface area contributed by atoms with E-state index in [1.807, 2.05) is 10.9 Å². The van der Waals surface area contributed by atoms with Crippen LogP contribution in [0.5, 0.6) is 0 Å². The van der Waals surface area contributed by atoms with Crippen LogP contribution in [0.25, 0.3) is 0 Å². The standard InChI is InChI=1S/C12H20N4O/c1-12(2,3)16-8-9(6-15-16)5-13-10-4-11(17)14-7-10/h6,8,10,13H,4-5,7H2,1-3H3,(H,14,17). The first-order chi connectivity index (χ1) is 7.95. The molecule has 5 nitrogen and oxygen atoms in total. The van der Waals surface area contributed by atoms with Crippen LogP contribution in [0.1, 0.15) is 32.8 Å². The highest BCUT2D eigenvalue weighted by molar-refractivity contribution is 5.78. The summed E-state index contributed by atoms with van der Waals surface area (Å²) in [6.07, 6.45) is 4.51. The fourth-order valence-corrected chi connectivity index (χ4v) is 1.83. The lowest BCUT2D eigenvalue weighted by molar-refractivity contribution is -0.119. The van der Waals surface area contributed by atoms with E-state index in [-0.39, 0.29) is 17.5 Å². The van der Waals surface area contributed by atoms with Crippen LogP contribution in [0.3, 0.4) is 0 Å². The van der Waals surface area contributed by atoms with Crippen molar-refractivity contribution in [2.24, 2.45) is 0 Å². The average molecular weight is 236 g/mol. The van der Waals surface area contributed by atoms with E-state index in [9.17, 15) is 4.79 Å². The summed E-state index contributed by atoms with van der Waals surface area (Å²) in [6.45, 7) is 7.85. The van der Waals surface area contributed by atoms with Gasteiger partial charge >= 0.3 is 0 Å². The number of aromatic nitrogens is 2. The minimum Gasteiger partial charge on any atom is -0.354 e. The van der Waals surface area contributed by atoms with Crippen molar-refractivity contribution in [1.29, 1.82) is 0 Å². The van der Waals surface area contributed by atoms with E-state index in [1.165, 1.54) is 0 Å². The molecule has 0 spiro atoms. The third-order valence-electron chi connectivity index (χ3n) is 2.90. The number of carbonyl (C=O) groups is 1. The summed E-state index contributed by atoms with van der Waals surface area (Å²) in [7, 11) is 0. The number of nitrogens with one attached hydrogen (secondary N) is 2. The van der Waals surface area contributed by atoms with Crippen LogP contribution in [0.15, 0.2) is 12.4 Å². The van der Waals surface area contributed by atoms with Crippen LogP contribution in [0, 0.1) is 0 Å². The molecule has 0 aromatic carbocycles. The Morgan fingerprint density at radius 3 is 2.88 bits per heavy atom. The zero-order chi connectivity index (χ0) is 12.5. The van der Waals surface area contributed by atoms with Crippen LogP contribution in [0.2, 0.25) is 0 Å². The Hall–Kier alpha value is -1.36. The largest absolute Gasteiger partial charge is 0.354 e. The summed E-state index contributed by atoms with van der Waals surface area (Å²) in [4.78, 5) is 11.0. The van der Waals surface area contributed by atoms with Crippen LogP contribution < -0.4 is 10.6 Å². The lowest BCUT2D eigenvalue weighted by atomic mass is 10.1. The van der Waals surface area contributed by atoms with Gasteiger partial charge in [0.25, 0.3) is 0 Å². The molecule has 1 aromatic heterocycles. The Morgan fingerprint density at radius 1 is 1.59 bits per heavy atom. The van der Waals surface area contributed by atoms with Gasteiger partial charge in [-0.3, -0.25) is 9.48 Å². The van der Waals surface area contributed by atoms with Crippen molar-refractivity contribution in [3.8, 4) is 0 Å². The van der Waals surface area contributed by atoms with Gasteiger partial charge in [0.2, 0.25) is 5.91 Å². The van der Waals surface area contributed by atoms with Crippen molar-refractivity contribution < 1.29 is 4.79 Å². The molecule has 1 aliphatic heterocycles. The number of carbonyl (C=O) groups excluding carboxylic acids is 1. The molecule has 1 atom stereocenters. The highest BCUT2D eigenvalue weighted by Crippen LogP contribution is 2.13. The van der Waals surface area contributed by atoms with Crippen molar-refractivity contribution in [3.63, 3.8) is 0 Å². The van der Waals surface area contributed by atoms with E-state index in [4.69, 9.17) is 0 Å². The van der Waals surface area contributed by atoms with Crippen molar-refractivity contribution >= 4 is 5.91 Å². The van der Waals surface area contributed by atoms with Crippen LogP contribution >= 0.6 is 0 Å². The van der Waals surface area contributed by atoms with Crippen LogP contribution in [-0.4, -0.2) is 28.3 Å². The summed E-state index contributed by atoms with van der Waals surface area (Å²) in [6, 6.07) is 0.250. The lowest BCUT2D eigenvalue weighted by Gasteiger charge is -2.18. The van der Waals surface area contributed by atoms with Gasteiger partial charge in [-0.25, -0.2) is 0 Å². The van der Waals surface area contributed by atoms with E-state index in [0.29, 0.717) is 6.42 Å². The molecule has 2 N–H and O–H groups in total. The lowest BCUT2D eigenvalue weighted by Crippen LogP contribution is -2.30. The minimum atomic E-state index is 0.0170. The Balaban J connectivity index is 1.87.